The summed E-state index contributed by atoms with van der Waals surface area (Å²) in [4.78, 5) is 0. The van der Waals surface area contributed by atoms with Gasteiger partial charge in [-0.05, 0) is 65.6 Å². The number of halogens is 2. The lowest BCUT2D eigenvalue weighted by molar-refractivity contribution is 0.929. The van der Waals surface area contributed by atoms with Crippen LogP contribution in [0.1, 0.15) is 17.5 Å². The Labute approximate surface area is 96.0 Å². The Hall–Kier alpha value is 0.430. The zero-order valence-corrected chi connectivity index (χ0v) is 10.9. The number of hydrogen-bond acceptors (Lipinski definition) is 0. The highest BCUT2D eigenvalue weighted by molar-refractivity contribution is 14.1. The Balaban J connectivity index is 2.72. The molecule has 0 spiro atoms. The van der Waals surface area contributed by atoms with Crippen molar-refractivity contribution in [2.24, 2.45) is 0 Å². The summed E-state index contributed by atoms with van der Waals surface area (Å²) in [5.74, 6) is 0. The quantitative estimate of drug-likeness (QED) is 0.578. The summed E-state index contributed by atoms with van der Waals surface area (Å²) in [6, 6.07) is 6.65. The Morgan fingerprint density at radius 2 is 2.17 bits per heavy atom. The SMILES string of the molecule is Cc1cc(I)ccc1CCCBr. The molecule has 0 aliphatic heterocycles. The van der Waals surface area contributed by atoms with Crippen molar-refractivity contribution >= 4 is 38.5 Å². The fourth-order valence-electron chi connectivity index (χ4n) is 1.20. The first-order valence-electron chi connectivity index (χ1n) is 4.05. The fraction of sp³-hybridized carbons (Fsp3) is 0.400. The molecule has 1 aromatic carbocycles. The summed E-state index contributed by atoms with van der Waals surface area (Å²) in [6.45, 7) is 2.19. The van der Waals surface area contributed by atoms with Gasteiger partial charge < -0.3 is 0 Å². The van der Waals surface area contributed by atoms with E-state index in [1.165, 1.54) is 27.5 Å². The lowest BCUT2D eigenvalue weighted by Gasteiger charge is -2.04. The Kier molecular flexibility index (Phi) is 4.57. The van der Waals surface area contributed by atoms with Crippen molar-refractivity contribution in [3.63, 3.8) is 0 Å². The lowest BCUT2D eigenvalue weighted by Crippen LogP contribution is -1.90. The van der Waals surface area contributed by atoms with Gasteiger partial charge in [0.1, 0.15) is 0 Å². The van der Waals surface area contributed by atoms with Gasteiger partial charge in [-0.1, -0.05) is 22.0 Å². The summed E-state index contributed by atoms with van der Waals surface area (Å²) >= 11 is 5.79. The van der Waals surface area contributed by atoms with Crippen LogP contribution in [0.5, 0.6) is 0 Å². The van der Waals surface area contributed by atoms with Gasteiger partial charge in [-0.25, -0.2) is 0 Å². The van der Waals surface area contributed by atoms with Crippen LogP contribution in [0.15, 0.2) is 18.2 Å². The number of aryl methyl sites for hydroxylation is 2. The molecule has 0 unspecified atom stereocenters. The van der Waals surface area contributed by atoms with E-state index in [4.69, 9.17) is 0 Å². The first-order valence-corrected chi connectivity index (χ1v) is 6.25. The number of hydrogen-bond donors (Lipinski definition) is 0. The van der Waals surface area contributed by atoms with Gasteiger partial charge in [0.15, 0.2) is 0 Å². The summed E-state index contributed by atoms with van der Waals surface area (Å²) in [5.41, 5.74) is 2.90. The van der Waals surface area contributed by atoms with Gasteiger partial charge in [0.25, 0.3) is 0 Å². The highest BCUT2D eigenvalue weighted by Gasteiger charge is 1.97. The van der Waals surface area contributed by atoms with Crippen molar-refractivity contribution in [1.82, 2.24) is 0 Å². The molecule has 0 saturated carbocycles. The average molecular weight is 339 g/mol. The summed E-state index contributed by atoms with van der Waals surface area (Å²) in [7, 11) is 0. The van der Waals surface area contributed by atoms with E-state index >= 15 is 0 Å². The van der Waals surface area contributed by atoms with Crippen LogP contribution >= 0.6 is 38.5 Å². The monoisotopic (exact) mass is 338 g/mol. The second-order valence-electron chi connectivity index (χ2n) is 2.86. The van der Waals surface area contributed by atoms with Crippen LogP contribution < -0.4 is 0 Å². The third-order valence-electron chi connectivity index (χ3n) is 1.88. The maximum atomic E-state index is 3.44. The van der Waals surface area contributed by atoms with Crippen molar-refractivity contribution in [2.75, 3.05) is 5.33 Å². The minimum absolute atomic E-state index is 1.10. The molecule has 0 nitrogen and oxygen atoms in total. The van der Waals surface area contributed by atoms with Crippen LogP contribution in [0.2, 0.25) is 0 Å². The topological polar surface area (TPSA) is 0 Å². The maximum absolute atomic E-state index is 3.44. The van der Waals surface area contributed by atoms with Crippen LogP contribution in [0.3, 0.4) is 0 Å². The molecule has 0 aliphatic carbocycles. The molecular weight excluding hydrogens is 327 g/mol. The van der Waals surface area contributed by atoms with E-state index < -0.39 is 0 Å². The van der Waals surface area contributed by atoms with Crippen molar-refractivity contribution in [3.05, 3.63) is 32.9 Å². The Morgan fingerprint density at radius 3 is 2.75 bits per heavy atom. The van der Waals surface area contributed by atoms with E-state index in [0.29, 0.717) is 0 Å². The van der Waals surface area contributed by atoms with E-state index in [2.05, 4.69) is 63.6 Å². The molecule has 0 amide bonds. The molecule has 0 radical (unpaired) electrons. The standard InChI is InChI=1S/C10H12BrI/c1-8-7-10(12)5-4-9(8)3-2-6-11/h4-5,7H,2-3,6H2,1H3. The van der Waals surface area contributed by atoms with Crippen molar-refractivity contribution in [2.45, 2.75) is 19.8 Å². The molecule has 1 aromatic rings. The van der Waals surface area contributed by atoms with Crippen LogP contribution in [0, 0.1) is 10.5 Å². The molecule has 0 N–H and O–H groups in total. The first kappa shape index (κ1) is 10.5. The van der Waals surface area contributed by atoms with Crippen LogP contribution in [-0.2, 0) is 6.42 Å². The lowest BCUT2D eigenvalue weighted by atomic mass is 10.1. The molecule has 66 valence electrons. The summed E-state index contributed by atoms with van der Waals surface area (Å²) in [6.07, 6.45) is 2.41. The Bertz CT molecular complexity index is 258. The molecule has 0 saturated heterocycles. The predicted molar refractivity (Wildman–Crippen MR) is 66.0 cm³/mol. The van der Waals surface area contributed by atoms with Crippen LogP contribution in [0.25, 0.3) is 0 Å². The van der Waals surface area contributed by atoms with Gasteiger partial charge in [0.2, 0.25) is 0 Å². The van der Waals surface area contributed by atoms with Gasteiger partial charge in [0.05, 0.1) is 0 Å². The van der Waals surface area contributed by atoms with E-state index in [-0.39, 0.29) is 0 Å². The fourth-order valence-corrected chi connectivity index (χ4v) is 2.12. The van der Waals surface area contributed by atoms with E-state index in [9.17, 15) is 0 Å². The van der Waals surface area contributed by atoms with Gasteiger partial charge in [0, 0.05) is 8.90 Å². The van der Waals surface area contributed by atoms with Gasteiger partial charge in [-0.3, -0.25) is 0 Å². The molecule has 0 aliphatic rings. The third-order valence-corrected chi connectivity index (χ3v) is 3.12. The highest BCUT2D eigenvalue weighted by Crippen LogP contribution is 2.14. The number of alkyl halides is 1. The number of rotatable bonds is 3. The normalized spacial score (nSPS) is 10.2. The second kappa shape index (κ2) is 5.22. The van der Waals surface area contributed by atoms with Crippen molar-refractivity contribution < 1.29 is 0 Å². The summed E-state index contributed by atoms with van der Waals surface area (Å²) in [5, 5.41) is 1.10. The largest absolute Gasteiger partial charge is 0.0928 e. The van der Waals surface area contributed by atoms with E-state index in [0.717, 1.165) is 5.33 Å². The third kappa shape index (κ3) is 3.05. The minimum Gasteiger partial charge on any atom is -0.0928 e. The van der Waals surface area contributed by atoms with Gasteiger partial charge in [-0.2, -0.15) is 0 Å². The van der Waals surface area contributed by atoms with Gasteiger partial charge >= 0.3 is 0 Å². The molecule has 1 rings (SSSR count). The maximum Gasteiger partial charge on any atom is 0.0133 e. The molecule has 0 bridgehead atoms. The van der Waals surface area contributed by atoms with Crippen molar-refractivity contribution in [3.8, 4) is 0 Å². The highest BCUT2D eigenvalue weighted by atomic mass is 127. The van der Waals surface area contributed by atoms with Crippen LogP contribution in [-0.4, -0.2) is 5.33 Å². The smallest absolute Gasteiger partial charge is 0.0133 e. The first-order chi connectivity index (χ1) is 5.74. The molecule has 0 aromatic heterocycles. The Morgan fingerprint density at radius 1 is 1.42 bits per heavy atom. The molecule has 0 heterocycles. The van der Waals surface area contributed by atoms with Crippen molar-refractivity contribution in [1.29, 1.82) is 0 Å². The zero-order valence-electron chi connectivity index (χ0n) is 7.11. The average Bonchev–Trinajstić information content (AvgIpc) is 2.03. The number of benzene rings is 1. The second-order valence-corrected chi connectivity index (χ2v) is 4.90. The minimum atomic E-state index is 1.10. The zero-order chi connectivity index (χ0) is 8.97. The van der Waals surface area contributed by atoms with Crippen LogP contribution in [0.4, 0.5) is 0 Å². The molecule has 12 heavy (non-hydrogen) atoms. The summed E-state index contributed by atoms with van der Waals surface area (Å²) < 4.78 is 1.33. The molecule has 0 fully saturated rings. The van der Waals surface area contributed by atoms with E-state index in [1.54, 1.807) is 0 Å². The van der Waals surface area contributed by atoms with E-state index in [1.807, 2.05) is 0 Å². The molecule has 2 heteroatoms. The molecule has 0 atom stereocenters. The van der Waals surface area contributed by atoms with Gasteiger partial charge in [-0.15, -0.1) is 0 Å². The predicted octanol–water partition coefficient (Wildman–Crippen LogP) is 3.93. The molecular formula is C10H12BrI.